The van der Waals surface area contributed by atoms with Crippen LogP contribution in [0.3, 0.4) is 0 Å². The molecular formula is C69H61Cl2F6N15O9. The van der Waals surface area contributed by atoms with Crippen molar-refractivity contribution in [3.8, 4) is 0 Å². The van der Waals surface area contributed by atoms with Crippen LogP contribution in [0.2, 0.25) is 10.0 Å². The van der Waals surface area contributed by atoms with Crippen LogP contribution in [0.5, 0.6) is 0 Å². The number of nitrogen functional groups attached to an aromatic ring is 1. The van der Waals surface area contributed by atoms with Crippen molar-refractivity contribution < 1.29 is 69.4 Å². The Bertz CT molecular complexity index is 5000. The molecule has 0 unspecified atom stereocenters. The van der Waals surface area contributed by atoms with Crippen LogP contribution in [-0.2, 0) is 29.1 Å². The average Bonchev–Trinajstić information content (AvgIpc) is 1.65. The molecule has 522 valence electrons. The molecule has 3 heterocycles. The van der Waals surface area contributed by atoms with Gasteiger partial charge in [-0.15, -0.1) is 10.2 Å². The highest BCUT2D eigenvalue weighted by Gasteiger charge is 2.26. The van der Waals surface area contributed by atoms with E-state index in [-0.39, 0.29) is 65.0 Å². The van der Waals surface area contributed by atoms with Gasteiger partial charge in [-0.25, -0.2) is 50.3 Å². The van der Waals surface area contributed by atoms with Crippen LogP contribution in [0.1, 0.15) is 78.9 Å². The van der Waals surface area contributed by atoms with Gasteiger partial charge in [0.25, 0.3) is 11.8 Å². The van der Waals surface area contributed by atoms with E-state index in [9.17, 15) is 59.9 Å². The number of ether oxygens (including phenoxy) is 2. The van der Waals surface area contributed by atoms with Crippen LogP contribution in [-0.4, -0.2) is 83.1 Å². The SMILES string of the molecule is CC(C)(C)OC(=O)n1nc(N)c2cc(NC(=O)NCc3cc(F)ccc3F)ccc21.CC(C)(C)OC(=O)n1nc(NC(=O)c2cccc(Cl)c2)c2cc(NC(=O)NCc3cc(F)ccc3F)ccc21.O=C(NCc1cc(F)ccc1F)Nc1ccc2[nH]nc(NC(=O)c3cccc(Cl)c3)c2c1. The quantitative estimate of drug-likeness (QED) is 0.0481. The van der Waals surface area contributed by atoms with E-state index in [2.05, 4.69) is 62.9 Å². The number of nitrogens with one attached hydrogen (secondary N) is 9. The summed E-state index contributed by atoms with van der Waals surface area (Å²) in [6, 6.07) is 33.9. The van der Waals surface area contributed by atoms with Gasteiger partial charge in [0, 0.05) is 90.7 Å². The molecule has 0 aliphatic rings. The number of urea groups is 3. The molecule has 101 heavy (non-hydrogen) atoms. The predicted molar refractivity (Wildman–Crippen MR) is 369 cm³/mol. The normalized spacial score (nSPS) is 11.1. The summed E-state index contributed by atoms with van der Waals surface area (Å²) in [5.74, 6) is -4.26. The smallest absolute Gasteiger partial charge is 0.435 e. The molecule has 8 aromatic carbocycles. The van der Waals surface area contributed by atoms with Crippen LogP contribution in [0.4, 0.5) is 84.8 Å². The number of hydrogen-bond donors (Lipinski definition) is 10. The third-order valence-corrected chi connectivity index (χ3v) is 14.3. The standard InChI is InChI=1S/C27H24ClF2N5O4.C22H16ClF2N5O2.C20H21F2N5O3/c1-27(2,3)39-26(38)35-22-10-8-19(32-25(37)31-14-16-12-18(29)7-9-21(16)30)13-20(22)23(34-35)33-24(36)15-5-4-6-17(28)11-15;23-14-3-1-2-12(8-14)21(31)28-20-17-10-16(5-7-19(17)29-30-20)27-22(32)26-11-13-9-15(24)4-6-18(13)25;1-20(2,3)30-19(29)27-16-7-5-13(9-14(16)17(23)26-27)25-18(28)24-10-11-8-12(21)4-6-15(11)22/h4-13H,14H2,1-3H3,(H2,31,32,37)(H,33,34,36);1-10H,11H2,(H2,26,27,32)(H2,28,29,30,31);4-9H,10H2,1-3H3,(H2,23,26)(H2,24,25,28). The molecule has 0 atom stereocenters. The van der Waals surface area contributed by atoms with Crippen LogP contribution in [0, 0.1) is 34.9 Å². The van der Waals surface area contributed by atoms with Gasteiger partial charge < -0.3 is 57.7 Å². The second kappa shape index (κ2) is 31.6. The Labute approximate surface area is 580 Å². The summed E-state index contributed by atoms with van der Waals surface area (Å²) in [5.41, 5.74) is 7.46. The number of benzene rings is 8. The average molecular weight is 1430 g/mol. The maximum absolute atomic E-state index is 13.9. The summed E-state index contributed by atoms with van der Waals surface area (Å²) in [4.78, 5) is 87.3. The maximum atomic E-state index is 13.9. The summed E-state index contributed by atoms with van der Waals surface area (Å²) >= 11 is 11.9. The Hall–Kier alpha value is -12.2. The van der Waals surface area contributed by atoms with Crippen molar-refractivity contribution in [1.82, 2.24) is 45.7 Å². The van der Waals surface area contributed by atoms with E-state index in [0.29, 0.717) is 59.7 Å². The second-order valence-corrected chi connectivity index (χ2v) is 24.7. The number of rotatable bonds is 13. The first-order chi connectivity index (χ1) is 47.8. The molecule has 0 saturated heterocycles. The number of amides is 8. The van der Waals surface area contributed by atoms with Gasteiger partial charge in [0.1, 0.15) is 46.1 Å². The van der Waals surface area contributed by atoms with E-state index in [1.807, 2.05) is 0 Å². The number of carbonyl (C=O) groups is 7. The fourth-order valence-electron chi connectivity index (χ4n) is 9.29. The van der Waals surface area contributed by atoms with Crippen molar-refractivity contribution in [1.29, 1.82) is 0 Å². The second-order valence-electron chi connectivity index (χ2n) is 23.9. The highest BCUT2D eigenvalue weighted by molar-refractivity contribution is 6.31. The first-order valence-electron chi connectivity index (χ1n) is 30.2. The molecule has 0 spiro atoms. The summed E-state index contributed by atoms with van der Waals surface area (Å²) in [5, 5.41) is 37.8. The Kier molecular flexibility index (Phi) is 22.8. The lowest BCUT2D eigenvalue weighted by atomic mass is 10.2. The summed E-state index contributed by atoms with van der Waals surface area (Å²) < 4.78 is 93.8. The third kappa shape index (κ3) is 20.0. The fourth-order valence-corrected chi connectivity index (χ4v) is 9.67. The molecule has 0 bridgehead atoms. The number of fused-ring (bicyclic) bond motifs is 3. The zero-order valence-electron chi connectivity index (χ0n) is 54.1. The molecule has 32 heteroatoms. The number of hydrogen-bond acceptors (Lipinski definition) is 13. The van der Waals surface area contributed by atoms with Crippen molar-refractivity contribution in [2.24, 2.45) is 0 Å². The third-order valence-electron chi connectivity index (χ3n) is 13.8. The lowest BCUT2D eigenvalue weighted by Gasteiger charge is -2.19. The number of aromatic amines is 1. The van der Waals surface area contributed by atoms with E-state index >= 15 is 0 Å². The van der Waals surface area contributed by atoms with Crippen molar-refractivity contribution in [2.75, 3.05) is 32.3 Å². The van der Waals surface area contributed by atoms with E-state index in [4.69, 9.17) is 38.4 Å². The predicted octanol–water partition coefficient (Wildman–Crippen LogP) is 15.4. The maximum Gasteiger partial charge on any atom is 0.435 e. The molecule has 3 aromatic heterocycles. The van der Waals surface area contributed by atoms with Gasteiger partial charge >= 0.3 is 30.3 Å². The number of nitrogens with zero attached hydrogens (tertiary/aromatic N) is 5. The number of halogens is 8. The van der Waals surface area contributed by atoms with Crippen LogP contribution in [0.25, 0.3) is 32.7 Å². The Morgan fingerprint density at radius 3 is 1.27 bits per heavy atom. The summed E-state index contributed by atoms with van der Waals surface area (Å²) in [7, 11) is 0. The highest BCUT2D eigenvalue weighted by Crippen LogP contribution is 2.30. The van der Waals surface area contributed by atoms with Crippen LogP contribution >= 0.6 is 23.2 Å². The van der Waals surface area contributed by atoms with Gasteiger partial charge in [0.2, 0.25) is 0 Å². The number of anilines is 6. The Morgan fingerprint density at radius 1 is 0.455 bits per heavy atom. The van der Waals surface area contributed by atoms with Crippen LogP contribution in [0.15, 0.2) is 158 Å². The lowest BCUT2D eigenvalue weighted by Crippen LogP contribution is -2.28. The fraction of sp³-hybridized carbons (Fsp3) is 0.159. The van der Waals surface area contributed by atoms with Crippen LogP contribution < -0.4 is 48.3 Å². The molecule has 8 amide bonds. The van der Waals surface area contributed by atoms with Gasteiger partial charge in [0.15, 0.2) is 17.5 Å². The van der Waals surface area contributed by atoms with E-state index in [1.165, 1.54) is 30.3 Å². The first-order valence-corrected chi connectivity index (χ1v) is 30.9. The van der Waals surface area contributed by atoms with Crippen molar-refractivity contribution >= 4 is 133 Å². The largest absolute Gasteiger partial charge is 0.442 e. The molecule has 11 N–H and O–H groups in total. The minimum atomic E-state index is -0.805. The monoisotopic (exact) mass is 1430 g/mol. The minimum absolute atomic E-state index is 0.0171. The van der Waals surface area contributed by atoms with Crippen molar-refractivity contribution in [3.63, 3.8) is 0 Å². The highest BCUT2D eigenvalue weighted by atomic mass is 35.5. The molecule has 0 aliphatic carbocycles. The van der Waals surface area contributed by atoms with Gasteiger partial charge in [0.05, 0.1) is 16.6 Å². The molecule has 0 radical (unpaired) electrons. The lowest BCUT2D eigenvalue weighted by molar-refractivity contribution is 0.0512. The van der Waals surface area contributed by atoms with E-state index in [0.717, 1.165) is 64.0 Å². The number of aromatic nitrogens is 6. The van der Waals surface area contributed by atoms with Gasteiger partial charge in [-0.05, 0) is 187 Å². The van der Waals surface area contributed by atoms with Gasteiger partial charge in [-0.3, -0.25) is 14.7 Å². The van der Waals surface area contributed by atoms with Gasteiger partial charge in [-0.2, -0.15) is 14.5 Å². The molecular weight excluding hydrogens is 1370 g/mol. The summed E-state index contributed by atoms with van der Waals surface area (Å²) in [6.07, 6.45) is -1.45. The molecule has 24 nitrogen and oxygen atoms in total. The van der Waals surface area contributed by atoms with Crippen molar-refractivity contribution in [3.05, 3.63) is 230 Å². The van der Waals surface area contributed by atoms with Crippen molar-refractivity contribution in [2.45, 2.75) is 72.4 Å². The van der Waals surface area contributed by atoms with E-state index < -0.39 is 88.2 Å². The van der Waals surface area contributed by atoms with E-state index in [1.54, 1.807) is 114 Å². The molecule has 0 fully saturated rings. The minimum Gasteiger partial charge on any atom is -0.442 e. The summed E-state index contributed by atoms with van der Waals surface area (Å²) in [6.45, 7) is 9.66. The molecule has 0 saturated carbocycles. The zero-order chi connectivity index (χ0) is 73.0. The molecule has 11 rings (SSSR count). The number of H-pyrrole nitrogens is 1. The van der Waals surface area contributed by atoms with Gasteiger partial charge in [-0.1, -0.05) is 35.3 Å². The zero-order valence-corrected chi connectivity index (χ0v) is 55.7. The number of nitrogens with two attached hydrogens (primary N) is 1. The Balaban J connectivity index is 0.000000178. The topological polar surface area (TPSA) is 325 Å². The molecule has 0 aliphatic heterocycles. The molecule has 11 aromatic rings. The Morgan fingerprint density at radius 2 is 0.842 bits per heavy atom. The number of carbonyl (C=O) groups excluding carboxylic acids is 7. The first kappa shape index (κ1) is 73.1.